The van der Waals surface area contributed by atoms with Crippen LogP contribution in [-0.2, 0) is 9.59 Å². The third-order valence-electron chi connectivity index (χ3n) is 5.56. The van der Waals surface area contributed by atoms with Gasteiger partial charge in [0.2, 0.25) is 5.78 Å². The fourth-order valence-corrected chi connectivity index (χ4v) is 4.02. The molecule has 152 valence electrons. The van der Waals surface area contributed by atoms with Crippen LogP contribution < -0.4 is 4.90 Å². The molecule has 0 saturated carbocycles. The van der Waals surface area contributed by atoms with Crippen LogP contribution in [-0.4, -0.2) is 49.6 Å². The second-order valence-electron chi connectivity index (χ2n) is 8.19. The van der Waals surface area contributed by atoms with Crippen molar-refractivity contribution >= 4 is 17.5 Å². The van der Waals surface area contributed by atoms with Gasteiger partial charge in [0.05, 0.1) is 26.7 Å². The van der Waals surface area contributed by atoms with E-state index in [4.69, 9.17) is 0 Å². The molecule has 1 amide bonds. The highest BCUT2D eigenvalue weighted by atomic mass is 16.2. The fraction of sp³-hybridized carbons (Fsp3) is 0.375. The number of rotatable bonds is 7. The molecular formula is C24H29N2O3+. The average molecular weight is 394 g/mol. The van der Waals surface area contributed by atoms with Crippen LogP contribution in [0.5, 0.6) is 0 Å². The zero-order valence-corrected chi connectivity index (χ0v) is 17.6. The number of carbonyl (C=O) groups is 3. The Morgan fingerprint density at radius 2 is 1.72 bits per heavy atom. The molecule has 0 aliphatic carbocycles. The first-order valence-electron chi connectivity index (χ1n) is 10.1. The maximum Gasteiger partial charge on any atom is 0.291 e. The van der Waals surface area contributed by atoms with E-state index >= 15 is 0 Å². The minimum Gasteiger partial charge on any atom is -0.340 e. The predicted octanol–water partition coefficient (Wildman–Crippen LogP) is 1.79. The summed E-state index contributed by atoms with van der Waals surface area (Å²) >= 11 is 0. The molecular weight excluding hydrogens is 364 g/mol. The Kier molecular flexibility index (Phi) is 6.28. The Bertz CT molecular complexity index is 921. The monoisotopic (exact) mass is 393 g/mol. The van der Waals surface area contributed by atoms with Crippen LogP contribution in [0.2, 0.25) is 0 Å². The van der Waals surface area contributed by atoms with Gasteiger partial charge in [0.25, 0.3) is 5.91 Å². The molecule has 2 unspecified atom stereocenters. The molecule has 1 N–H and O–H groups in total. The highest BCUT2D eigenvalue weighted by Gasteiger charge is 2.51. The van der Waals surface area contributed by atoms with E-state index < -0.39 is 23.7 Å². The van der Waals surface area contributed by atoms with Gasteiger partial charge in [0.15, 0.2) is 5.78 Å². The van der Waals surface area contributed by atoms with E-state index in [1.54, 1.807) is 4.90 Å². The summed E-state index contributed by atoms with van der Waals surface area (Å²) in [4.78, 5) is 42.2. The number of quaternary nitrogens is 1. The molecule has 0 radical (unpaired) electrons. The van der Waals surface area contributed by atoms with Gasteiger partial charge in [0.1, 0.15) is 5.92 Å². The largest absolute Gasteiger partial charge is 0.340 e. The molecule has 5 nitrogen and oxygen atoms in total. The molecule has 1 aliphatic rings. The zero-order chi connectivity index (χ0) is 21.1. The predicted molar refractivity (Wildman–Crippen MR) is 112 cm³/mol. The number of nitrogens with zero attached hydrogens (tertiary/aromatic N) is 1. The van der Waals surface area contributed by atoms with Gasteiger partial charge in [-0.1, -0.05) is 48.0 Å². The molecule has 1 fully saturated rings. The Labute approximate surface area is 172 Å². The van der Waals surface area contributed by atoms with Crippen molar-refractivity contribution in [1.82, 2.24) is 4.90 Å². The van der Waals surface area contributed by atoms with Crippen molar-refractivity contribution in [3.05, 3.63) is 70.8 Å². The normalized spacial score (nSPS) is 19.3. The van der Waals surface area contributed by atoms with E-state index in [0.717, 1.165) is 29.7 Å². The van der Waals surface area contributed by atoms with Crippen LogP contribution in [0.1, 0.15) is 39.5 Å². The summed E-state index contributed by atoms with van der Waals surface area (Å²) in [6.07, 6.45) is 0.773. The van der Waals surface area contributed by atoms with Gasteiger partial charge >= 0.3 is 0 Å². The van der Waals surface area contributed by atoms with Crippen LogP contribution in [0, 0.1) is 19.8 Å². The van der Waals surface area contributed by atoms with Gasteiger partial charge in [-0.2, -0.15) is 0 Å². The van der Waals surface area contributed by atoms with Gasteiger partial charge in [-0.25, -0.2) is 0 Å². The lowest BCUT2D eigenvalue weighted by molar-refractivity contribution is -0.858. The van der Waals surface area contributed by atoms with Crippen molar-refractivity contribution in [2.75, 3.05) is 27.2 Å². The van der Waals surface area contributed by atoms with Crippen LogP contribution in [0.3, 0.4) is 0 Å². The third-order valence-corrected chi connectivity index (χ3v) is 5.56. The average Bonchev–Trinajstić information content (AvgIpc) is 2.94. The van der Waals surface area contributed by atoms with E-state index in [1.165, 1.54) is 4.90 Å². The minimum absolute atomic E-state index is 0.265. The zero-order valence-electron chi connectivity index (χ0n) is 17.6. The molecule has 1 heterocycles. The number of benzene rings is 2. The second kappa shape index (κ2) is 8.70. The summed E-state index contributed by atoms with van der Waals surface area (Å²) in [7, 11) is 4.11. The molecule has 2 atom stereocenters. The van der Waals surface area contributed by atoms with Crippen LogP contribution in [0.4, 0.5) is 0 Å². The van der Waals surface area contributed by atoms with E-state index in [0.29, 0.717) is 12.1 Å². The van der Waals surface area contributed by atoms with E-state index in [1.807, 2.05) is 62.4 Å². The number of amides is 1. The Morgan fingerprint density at radius 1 is 1.03 bits per heavy atom. The third kappa shape index (κ3) is 4.30. The first-order valence-corrected chi connectivity index (χ1v) is 10.1. The Morgan fingerprint density at radius 3 is 2.38 bits per heavy atom. The van der Waals surface area contributed by atoms with Gasteiger partial charge < -0.3 is 9.80 Å². The van der Waals surface area contributed by atoms with Crippen molar-refractivity contribution in [3.8, 4) is 0 Å². The van der Waals surface area contributed by atoms with E-state index in [2.05, 4.69) is 14.1 Å². The van der Waals surface area contributed by atoms with Gasteiger partial charge in [0, 0.05) is 18.5 Å². The van der Waals surface area contributed by atoms with Crippen LogP contribution >= 0.6 is 0 Å². The van der Waals surface area contributed by atoms with Crippen molar-refractivity contribution < 1.29 is 19.3 Å². The van der Waals surface area contributed by atoms with E-state index in [-0.39, 0.29) is 5.78 Å². The van der Waals surface area contributed by atoms with Crippen LogP contribution in [0.15, 0.2) is 48.5 Å². The number of hydrogen-bond donors (Lipinski definition) is 1. The number of hydrogen-bond acceptors (Lipinski definition) is 3. The maximum absolute atomic E-state index is 13.5. The van der Waals surface area contributed by atoms with E-state index in [9.17, 15) is 14.4 Å². The van der Waals surface area contributed by atoms with Gasteiger partial charge in [-0.15, -0.1) is 0 Å². The smallest absolute Gasteiger partial charge is 0.291 e. The number of ketones is 2. The summed E-state index contributed by atoms with van der Waals surface area (Å²) < 4.78 is 0. The lowest BCUT2D eigenvalue weighted by Crippen LogP contribution is -3.05. The lowest BCUT2D eigenvalue weighted by atomic mass is 9.84. The summed E-state index contributed by atoms with van der Waals surface area (Å²) in [5.74, 6) is -2.41. The standard InChI is InChI=1S/C24H28N2O3/c1-16-11-12-17(2)19(15-16)22(27)20-21(18-9-6-5-7-10-18)26(24(29)23(20)28)14-8-13-25(3)4/h5-7,9-12,15,20-21H,8,13-14H2,1-4H3/p+1. The van der Waals surface area contributed by atoms with Crippen LogP contribution in [0.25, 0.3) is 0 Å². The SMILES string of the molecule is Cc1ccc(C)c(C(=O)C2C(=O)C(=O)N(CCC[NH+](C)C)C2c2ccccc2)c1. The summed E-state index contributed by atoms with van der Waals surface area (Å²) in [5.41, 5.74) is 3.13. The number of aryl methyl sites for hydroxylation is 2. The number of likely N-dealkylation sites (tertiary alicyclic amines) is 1. The highest BCUT2D eigenvalue weighted by Crippen LogP contribution is 2.38. The Hall–Kier alpha value is -2.79. The number of nitrogens with one attached hydrogen (secondary N) is 1. The topological polar surface area (TPSA) is 58.9 Å². The van der Waals surface area contributed by atoms with Gasteiger partial charge in [-0.3, -0.25) is 14.4 Å². The molecule has 0 spiro atoms. The summed E-state index contributed by atoms with van der Waals surface area (Å²) in [6.45, 7) is 5.13. The molecule has 0 bridgehead atoms. The number of Topliss-reactive ketones (excluding diaryl/α,β-unsaturated/α-hetero) is 2. The second-order valence-corrected chi connectivity index (χ2v) is 8.19. The van der Waals surface area contributed by atoms with Crippen molar-refractivity contribution in [3.63, 3.8) is 0 Å². The lowest BCUT2D eigenvalue weighted by Gasteiger charge is -2.27. The molecule has 29 heavy (non-hydrogen) atoms. The molecule has 2 aromatic rings. The molecule has 1 aliphatic heterocycles. The fourth-order valence-electron chi connectivity index (χ4n) is 4.02. The first-order chi connectivity index (χ1) is 13.8. The molecule has 1 saturated heterocycles. The molecule has 5 heteroatoms. The molecule has 3 rings (SSSR count). The number of carbonyl (C=O) groups excluding carboxylic acids is 3. The van der Waals surface area contributed by atoms with Crippen molar-refractivity contribution in [2.24, 2.45) is 5.92 Å². The summed E-state index contributed by atoms with van der Waals surface area (Å²) in [5, 5.41) is 0. The molecule has 0 aromatic heterocycles. The maximum atomic E-state index is 13.5. The van der Waals surface area contributed by atoms with Crippen molar-refractivity contribution in [2.45, 2.75) is 26.3 Å². The summed E-state index contributed by atoms with van der Waals surface area (Å²) in [6, 6.07) is 14.5. The van der Waals surface area contributed by atoms with Crippen molar-refractivity contribution in [1.29, 1.82) is 0 Å². The highest BCUT2D eigenvalue weighted by molar-refractivity contribution is 6.44. The molecule has 2 aromatic carbocycles. The van der Waals surface area contributed by atoms with Gasteiger partial charge in [-0.05, 0) is 31.0 Å². The quantitative estimate of drug-likeness (QED) is 0.443. The first kappa shape index (κ1) is 20.9. The Balaban J connectivity index is 2.01. The minimum atomic E-state index is -1.00.